The Hall–Kier alpha value is -4.83. The molecule has 5 rings (SSSR count). The summed E-state index contributed by atoms with van der Waals surface area (Å²) in [6.45, 7) is 4.18. The van der Waals surface area contributed by atoms with Gasteiger partial charge in [-0.1, -0.05) is 35.6 Å². The van der Waals surface area contributed by atoms with E-state index in [4.69, 9.17) is 23.9 Å². The van der Waals surface area contributed by atoms with Crippen LogP contribution in [0.3, 0.4) is 0 Å². The van der Waals surface area contributed by atoms with Crippen LogP contribution in [0.4, 0.5) is 5.69 Å². The predicted octanol–water partition coefficient (Wildman–Crippen LogP) is 4.30. The van der Waals surface area contributed by atoms with Crippen LogP contribution in [0.1, 0.15) is 31.0 Å². The normalized spacial score (nSPS) is 14.6. The number of benzene rings is 3. The van der Waals surface area contributed by atoms with Crippen LogP contribution in [0.15, 0.2) is 87.8 Å². The summed E-state index contributed by atoms with van der Waals surface area (Å²) in [6.07, 6.45) is 1.79. The summed E-state index contributed by atoms with van der Waals surface area (Å²) in [4.78, 5) is 33.1. The fourth-order valence-corrected chi connectivity index (χ4v) is 5.92. The lowest BCUT2D eigenvalue weighted by Gasteiger charge is -2.26. The van der Waals surface area contributed by atoms with Crippen LogP contribution in [0.5, 0.6) is 23.0 Å². The summed E-state index contributed by atoms with van der Waals surface area (Å²) in [6, 6.07) is 19.2. The largest absolute Gasteiger partial charge is 0.497 e. The van der Waals surface area contributed by atoms with Crippen molar-refractivity contribution in [3.63, 3.8) is 0 Å². The first-order chi connectivity index (χ1) is 20.4. The second kappa shape index (κ2) is 12.4. The molecule has 0 unspecified atom stereocenters. The molecule has 0 saturated heterocycles. The Labute approximate surface area is 247 Å². The number of anilines is 1. The number of nitrogens with one attached hydrogen (secondary N) is 1. The van der Waals surface area contributed by atoms with Gasteiger partial charge in [-0.2, -0.15) is 0 Å². The minimum absolute atomic E-state index is 0.285. The average Bonchev–Trinajstić information content (AvgIpc) is 3.31. The number of carbonyl (C=O) groups excluding carboxylic acids is 1. The summed E-state index contributed by atoms with van der Waals surface area (Å²) in [7, 11) is 4.68. The third-order valence-corrected chi connectivity index (χ3v) is 7.80. The molecule has 1 aliphatic rings. The highest BCUT2D eigenvalue weighted by Crippen LogP contribution is 2.37. The number of para-hydroxylation sites is 1. The van der Waals surface area contributed by atoms with Crippen molar-refractivity contribution in [3.05, 3.63) is 109 Å². The molecule has 4 aromatic rings. The highest BCUT2D eigenvalue weighted by molar-refractivity contribution is 7.07. The molecule has 10 heteroatoms. The van der Waals surface area contributed by atoms with E-state index < -0.39 is 6.04 Å². The first kappa shape index (κ1) is 28.7. The molecule has 216 valence electrons. The van der Waals surface area contributed by atoms with E-state index in [2.05, 4.69) is 5.32 Å². The lowest BCUT2D eigenvalue weighted by atomic mass is 9.94. The number of rotatable bonds is 9. The number of hydrogen-bond acceptors (Lipinski definition) is 8. The van der Waals surface area contributed by atoms with Gasteiger partial charge in [0, 0.05) is 17.3 Å². The summed E-state index contributed by atoms with van der Waals surface area (Å²) in [5.41, 5.74) is 2.57. The van der Waals surface area contributed by atoms with Crippen molar-refractivity contribution >= 4 is 29.0 Å². The minimum Gasteiger partial charge on any atom is -0.497 e. The van der Waals surface area contributed by atoms with Crippen molar-refractivity contribution in [2.45, 2.75) is 19.9 Å². The van der Waals surface area contributed by atoms with Gasteiger partial charge in [0.25, 0.3) is 11.5 Å². The van der Waals surface area contributed by atoms with Crippen molar-refractivity contribution in [2.75, 3.05) is 33.3 Å². The molecule has 1 atom stereocenters. The Kier molecular flexibility index (Phi) is 8.44. The zero-order chi connectivity index (χ0) is 29.8. The zero-order valence-corrected chi connectivity index (χ0v) is 24.8. The van der Waals surface area contributed by atoms with E-state index >= 15 is 0 Å². The lowest BCUT2D eigenvalue weighted by Crippen LogP contribution is -2.40. The number of methoxy groups -OCH3 is 3. The summed E-state index contributed by atoms with van der Waals surface area (Å²) >= 11 is 1.25. The highest BCUT2D eigenvalue weighted by atomic mass is 32.1. The van der Waals surface area contributed by atoms with Crippen molar-refractivity contribution in [3.8, 4) is 23.0 Å². The molecule has 42 heavy (non-hydrogen) atoms. The third-order valence-electron chi connectivity index (χ3n) is 6.82. The van der Waals surface area contributed by atoms with Crippen LogP contribution in [-0.2, 0) is 4.79 Å². The number of aromatic nitrogens is 1. The molecule has 3 aromatic carbocycles. The van der Waals surface area contributed by atoms with Gasteiger partial charge >= 0.3 is 0 Å². The molecule has 1 amide bonds. The number of thiazole rings is 1. The number of hydrogen-bond donors (Lipinski definition) is 1. The molecule has 2 heterocycles. The number of ether oxygens (including phenoxy) is 4. The second-order valence-electron chi connectivity index (χ2n) is 9.35. The van der Waals surface area contributed by atoms with Gasteiger partial charge in [0.05, 0.1) is 43.7 Å². The van der Waals surface area contributed by atoms with Crippen molar-refractivity contribution in [1.29, 1.82) is 0 Å². The SMILES string of the molecule is CCOc1ccc(/C=c2\sc3n(c2=O)[C@@H](c2ccc(OC)cc2OC)C(C(=O)Nc2ccccc2)=C(C)N=3)cc1OC. The van der Waals surface area contributed by atoms with E-state index in [-0.39, 0.29) is 11.5 Å². The summed E-state index contributed by atoms with van der Waals surface area (Å²) in [5.74, 6) is 1.88. The van der Waals surface area contributed by atoms with Gasteiger partial charge in [0.15, 0.2) is 16.3 Å². The number of carbonyl (C=O) groups is 1. The topological polar surface area (TPSA) is 100 Å². The van der Waals surface area contributed by atoms with Crippen LogP contribution in [0, 0.1) is 0 Å². The molecule has 0 bridgehead atoms. The molecule has 0 fully saturated rings. The Bertz CT molecular complexity index is 1840. The summed E-state index contributed by atoms with van der Waals surface area (Å²) < 4.78 is 24.3. The van der Waals surface area contributed by atoms with Crippen molar-refractivity contribution in [1.82, 2.24) is 4.57 Å². The van der Waals surface area contributed by atoms with E-state index in [9.17, 15) is 9.59 Å². The van der Waals surface area contributed by atoms with Crippen LogP contribution in [0.25, 0.3) is 6.08 Å². The molecular weight excluding hydrogens is 554 g/mol. The summed E-state index contributed by atoms with van der Waals surface area (Å²) in [5, 5.41) is 2.96. The first-order valence-electron chi connectivity index (χ1n) is 13.3. The van der Waals surface area contributed by atoms with Crippen LogP contribution >= 0.6 is 11.3 Å². The number of allylic oxidation sites excluding steroid dienone is 1. The number of nitrogens with zero attached hydrogens (tertiary/aromatic N) is 2. The van der Waals surface area contributed by atoms with Gasteiger partial charge < -0.3 is 24.3 Å². The van der Waals surface area contributed by atoms with Crippen LogP contribution in [0.2, 0.25) is 0 Å². The third kappa shape index (κ3) is 5.53. The predicted molar refractivity (Wildman–Crippen MR) is 163 cm³/mol. The fraction of sp³-hybridized carbons (Fsp3) is 0.219. The minimum atomic E-state index is -0.803. The molecule has 1 N–H and O–H groups in total. The molecule has 9 nitrogen and oxygen atoms in total. The molecule has 0 spiro atoms. The Morgan fingerprint density at radius 1 is 0.976 bits per heavy atom. The van der Waals surface area contributed by atoms with Gasteiger partial charge in [-0.3, -0.25) is 14.2 Å². The van der Waals surface area contributed by atoms with Crippen molar-refractivity contribution in [2.24, 2.45) is 4.99 Å². The molecule has 1 aliphatic heterocycles. The van der Waals surface area contributed by atoms with Gasteiger partial charge in [-0.25, -0.2) is 4.99 Å². The van der Waals surface area contributed by atoms with E-state index in [0.29, 0.717) is 61.5 Å². The number of fused-ring (bicyclic) bond motifs is 1. The van der Waals surface area contributed by atoms with Crippen molar-refractivity contribution < 1.29 is 23.7 Å². The van der Waals surface area contributed by atoms with Crippen LogP contribution < -0.4 is 39.2 Å². The van der Waals surface area contributed by atoms with Gasteiger partial charge in [-0.05, 0) is 61.9 Å². The van der Waals surface area contributed by atoms with E-state index in [1.165, 1.54) is 11.3 Å². The molecular formula is C32H31N3O6S. The Morgan fingerprint density at radius 2 is 1.74 bits per heavy atom. The average molecular weight is 586 g/mol. The lowest BCUT2D eigenvalue weighted by molar-refractivity contribution is -0.113. The number of amides is 1. The molecule has 0 saturated carbocycles. The fourth-order valence-electron chi connectivity index (χ4n) is 4.87. The highest BCUT2D eigenvalue weighted by Gasteiger charge is 2.34. The quantitative estimate of drug-likeness (QED) is 0.315. The van der Waals surface area contributed by atoms with E-state index in [1.807, 2.05) is 49.4 Å². The van der Waals surface area contributed by atoms with Gasteiger partial charge in [-0.15, -0.1) is 0 Å². The maximum absolute atomic E-state index is 14.1. The van der Waals surface area contributed by atoms with Crippen LogP contribution in [-0.4, -0.2) is 38.4 Å². The maximum Gasteiger partial charge on any atom is 0.271 e. The second-order valence-corrected chi connectivity index (χ2v) is 10.4. The Morgan fingerprint density at radius 3 is 2.43 bits per heavy atom. The van der Waals surface area contributed by atoms with E-state index in [0.717, 1.165) is 5.56 Å². The zero-order valence-electron chi connectivity index (χ0n) is 24.0. The molecule has 0 aliphatic carbocycles. The van der Waals surface area contributed by atoms with Gasteiger partial charge in [0.1, 0.15) is 17.5 Å². The van der Waals surface area contributed by atoms with Gasteiger partial charge in [0.2, 0.25) is 0 Å². The maximum atomic E-state index is 14.1. The molecule has 0 radical (unpaired) electrons. The Balaban J connectivity index is 1.69. The monoisotopic (exact) mass is 585 g/mol. The first-order valence-corrected chi connectivity index (χ1v) is 14.1. The smallest absolute Gasteiger partial charge is 0.271 e. The van der Waals surface area contributed by atoms with E-state index in [1.54, 1.807) is 63.2 Å². The molecule has 1 aromatic heterocycles. The standard InChI is InChI=1S/C32H31N3O6S/c1-6-41-24-15-12-20(16-26(24)40-5)17-27-31(37)35-29(23-14-13-22(38-3)18-25(23)39-4)28(19(2)33-32(35)42-27)30(36)34-21-10-8-7-9-11-21/h7-18,29H,6H2,1-5H3,(H,34,36)/b27-17-/t29-/m0/s1.